The number of amides is 3. The van der Waals surface area contributed by atoms with Gasteiger partial charge in [0.1, 0.15) is 17.6 Å². The van der Waals surface area contributed by atoms with Gasteiger partial charge in [-0.25, -0.2) is 14.6 Å². The van der Waals surface area contributed by atoms with Gasteiger partial charge in [-0.2, -0.15) is 12.7 Å². The summed E-state index contributed by atoms with van der Waals surface area (Å²) in [4.78, 5) is 69.9. The van der Waals surface area contributed by atoms with Gasteiger partial charge in [-0.05, 0) is 13.8 Å². The van der Waals surface area contributed by atoms with Crippen molar-refractivity contribution in [2.45, 2.75) is 31.5 Å². The minimum atomic E-state index is -5.15. The fraction of sp³-hybridized carbons (Fsp3) is 0.471. The van der Waals surface area contributed by atoms with Crippen LogP contribution in [0.2, 0.25) is 0 Å². The number of alkyl halides is 1. The van der Waals surface area contributed by atoms with E-state index in [1.807, 2.05) is 0 Å². The van der Waals surface area contributed by atoms with Crippen molar-refractivity contribution in [2.75, 3.05) is 25.4 Å². The standard InChI is InChI=1S/C17H20ClN5O11S2.Na.H/c1-17(2,15(28)33-4)34-22-9(7-6-35-16(19-7)20-8(24)5-18)12(25)21-10-11(14(27)32-3)23(13(10)26)36(29,30)31;;/h6,10-11H,5H2,1-4H3,(H,21,25)(H,19,20,24)(H,29,30,31);;/b22-9-;;. The number of methoxy groups -OCH3 is 2. The van der Waals surface area contributed by atoms with E-state index in [2.05, 4.69) is 30.2 Å². The fourth-order valence-corrected chi connectivity index (χ4v) is 4.28. The number of carbonyl (C=O) groups excluding carboxylic acids is 5. The van der Waals surface area contributed by atoms with Gasteiger partial charge in [0.15, 0.2) is 16.9 Å². The molecule has 16 nitrogen and oxygen atoms in total. The summed E-state index contributed by atoms with van der Waals surface area (Å²) in [6.45, 7) is 2.55. The predicted octanol–water partition coefficient (Wildman–Crippen LogP) is -1.98. The first-order valence-corrected chi connectivity index (χ1v) is 12.3. The summed E-state index contributed by atoms with van der Waals surface area (Å²) in [5.74, 6) is -5.63. The number of anilines is 1. The zero-order valence-electron chi connectivity index (χ0n) is 19.0. The Labute approximate surface area is 241 Å². The van der Waals surface area contributed by atoms with Crippen LogP contribution in [-0.2, 0) is 48.6 Å². The van der Waals surface area contributed by atoms with E-state index in [1.54, 1.807) is 0 Å². The molecule has 2 rings (SSSR count). The molecule has 2 heterocycles. The Morgan fingerprint density at radius 2 is 1.89 bits per heavy atom. The number of carbonyl (C=O) groups is 5. The molecule has 37 heavy (non-hydrogen) atoms. The molecule has 1 aliphatic heterocycles. The number of aromatic nitrogens is 1. The number of thiazole rings is 1. The number of ether oxygens (including phenoxy) is 2. The number of hydrogen-bond acceptors (Lipinski definition) is 13. The van der Waals surface area contributed by atoms with E-state index in [1.165, 1.54) is 19.2 Å². The second-order valence-corrected chi connectivity index (χ2v) is 9.70. The molecule has 1 aromatic rings. The second-order valence-electron chi connectivity index (χ2n) is 7.28. The molecular weight excluding hydrogens is 573 g/mol. The number of nitrogens with one attached hydrogen (secondary N) is 2. The van der Waals surface area contributed by atoms with Gasteiger partial charge in [0.25, 0.3) is 11.8 Å². The van der Waals surface area contributed by atoms with Crippen molar-refractivity contribution < 1.29 is 51.3 Å². The molecule has 2 atom stereocenters. The Morgan fingerprint density at radius 1 is 1.27 bits per heavy atom. The molecule has 0 saturated carbocycles. The summed E-state index contributed by atoms with van der Waals surface area (Å²) in [5.41, 5.74) is -2.51. The number of β-lactam (4-membered cyclic amide) rings is 1. The summed E-state index contributed by atoms with van der Waals surface area (Å²) < 4.78 is 41.0. The molecule has 0 bridgehead atoms. The summed E-state index contributed by atoms with van der Waals surface area (Å²) in [6, 6.07) is -3.69. The van der Waals surface area contributed by atoms with Crippen LogP contribution in [0.15, 0.2) is 10.5 Å². The second kappa shape index (κ2) is 12.9. The minimum absolute atomic E-state index is 0. The molecule has 200 valence electrons. The van der Waals surface area contributed by atoms with Crippen LogP contribution >= 0.6 is 22.9 Å². The molecule has 1 saturated heterocycles. The summed E-state index contributed by atoms with van der Waals surface area (Å²) in [5, 5.41) is 9.36. The van der Waals surface area contributed by atoms with Crippen molar-refractivity contribution in [3.05, 3.63) is 11.1 Å². The number of rotatable bonds is 10. The Balaban J connectivity index is 0.00000684. The van der Waals surface area contributed by atoms with Crippen LogP contribution in [0.3, 0.4) is 0 Å². The number of oxime groups is 1. The third kappa shape index (κ3) is 7.59. The Hall–Kier alpha value is -2.35. The molecule has 0 radical (unpaired) electrons. The number of hydrogen-bond donors (Lipinski definition) is 3. The van der Waals surface area contributed by atoms with Crippen LogP contribution in [0.25, 0.3) is 0 Å². The van der Waals surface area contributed by atoms with Crippen molar-refractivity contribution in [3.63, 3.8) is 0 Å². The van der Waals surface area contributed by atoms with Crippen LogP contribution in [0.4, 0.5) is 5.13 Å². The topological polar surface area (TPSA) is 220 Å². The van der Waals surface area contributed by atoms with Gasteiger partial charge in [-0.15, -0.1) is 22.9 Å². The quantitative estimate of drug-likeness (QED) is 0.0511. The molecule has 0 aliphatic carbocycles. The van der Waals surface area contributed by atoms with Crippen LogP contribution in [0, 0.1) is 0 Å². The molecule has 0 spiro atoms. The van der Waals surface area contributed by atoms with Crippen molar-refractivity contribution in [1.82, 2.24) is 14.6 Å². The van der Waals surface area contributed by atoms with Crippen LogP contribution in [0.5, 0.6) is 0 Å². The first-order chi connectivity index (χ1) is 16.7. The van der Waals surface area contributed by atoms with E-state index in [9.17, 15) is 36.9 Å². The van der Waals surface area contributed by atoms with Crippen LogP contribution < -0.4 is 10.6 Å². The maximum atomic E-state index is 13.0. The van der Waals surface area contributed by atoms with Gasteiger partial charge in [-0.3, -0.25) is 18.9 Å². The first-order valence-electron chi connectivity index (χ1n) is 9.53. The van der Waals surface area contributed by atoms with Gasteiger partial charge < -0.3 is 24.9 Å². The van der Waals surface area contributed by atoms with Crippen LogP contribution in [0.1, 0.15) is 19.5 Å². The van der Waals surface area contributed by atoms with Crippen molar-refractivity contribution in [3.8, 4) is 0 Å². The molecule has 1 fully saturated rings. The van der Waals surface area contributed by atoms with E-state index in [-0.39, 0.29) is 50.6 Å². The Kier molecular flexibility index (Phi) is 11.4. The maximum absolute atomic E-state index is 13.0. The molecule has 0 aromatic carbocycles. The van der Waals surface area contributed by atoms with Crippen molar-refractivity contribution >= 4 is 103 Å². The number of nitrogens with zero attached hydrogens (tertiary/aromatic N) is 3. The fourth-order valence-electron chi connectivity index (χ4n) is 2.66. The van der Waals surface area contributed by atoms with E-state index >= 15 is 0 Å². The van der Waals surface area contributed by atoms with Gasteiger partial charge in [0, 0.05) is 5.38 Å². The summed E-state index contributed by atoms with van der Waals surface area (Å²) >= 11 is 6.30. The average molecular weight is 594 g/mol. The third-order valence-electron chi connectivity index (χ3n) is 4.40. The average Bonchev–Trinajstić information content (AvgIpc) is 3.26. The van der Waals surface area contributed by atoms with E-state index in [0.29, 0.717) is 0 Å². The third-order valence-corrected chi connectivity index (χ3v) is 6.31. The van der Waals surface area contributed by atoms with E-state index in [0.717, 1.165) is 25.6 Å². The Bertz CT molecular complexity index is 1220. The van der Waals surface area contributed by atoms with Crippen molar-refractivity contribution in [2.24, 2.45) is 5.16 Å². The molecular formula is C17H21ClN5NaO11S2. The molecule has 3 amide bonds. The molecule has 20 heteroatoms. The van der Waals surface area contributed by atoms with Crippen molar-refractivity contribution in [1.29, 1.82) is 0 Å². The zero-order valence-corrected chi connectivity index (χ0v) is 21.4. The molecule has 2 unspecified atom stereocenters. The number of esters is 2. The molecule has 1 aliphatic rings. The summed E-state index contributed by atoms with van der Waals surface area (Å²) in [6.07, 6.45) is 0. The van der Waals surface area contributed by atoms with Gasteiger partial charge in [-0.1, -0.05) is 5.16 Å². The van der Waals surface area contributed by atoms with E-state index < -0.39 is 63.4 Å². The summed E-state index contributed by atoms with van der Waals surface area (Å²) in [7, 11) is -3.16. The van der Waals surface area contributed by atoms with Gasteiger partial charge in [0.05, 0.1) is 14.2 Å². The van der Waals surface area contributed by atoms with Gasteiger partial charge in [0.2, 0.25) is 11.5 Å². The SMILES string of the molecule is COC(=O)C1C(NC(=O)/C(=N\OC(C)(C)C(=O)OC)c2csc(NC(=O)CCl)n2)C(=O)N1S(=O)(=O)O.[NaH]. The number of halogens is 1. The molecule has 1 aromatic heterocycles. The monoisotopic (exact) mass is 593 g/mol. The van der Waals surface area contributed by atoms with E-state index in [4.69, 9.17) is 16.4 Å². The first kappa shape index (κ1) is 32.7. The Morgan fingerprint density at radius 3 is 2.41 bits per heavy atom. The molecule has 3 N–H and O–H groups in total. The van der Waals surface area contributed by atoms with Gasteiger partial charge >= 0.3 is 51.8 Å². The zero-order chi connectivity index (χ0) is 27.4. The van der Waals surface area contributed by atoms with Crippen LogP contribution in [-0.4, -0.2) is 125 Å². The predicted molar refractivity (Wildman–Crippen MR) is 128 cm³/mol. The normalized spacial score (nSPS) is 17.6.